The molecular weight excluding hydrogens is 713 g/mol. The van der Waals surface area contributed by atoms with Crippen molar-refractivity contribution in [3.05, 3.63) is 0 Å². The lowest BCUT2D eigenvalue weighted by Gasteiger charge is -2.63. The van der Waals surface area contributed by atoms with Crippen LogP contribution in [0.5, 0.6) is 0 Å². The fourth-order valence-corrected chi connectivity index (χ4v) is 12.9. The molecule has 0 radical (unpaired) electrons. The van der Waals surface area contributed by atoms with Gasteiger partial charge in [-0.3, -0.25) is 19.3 Å². The monoisotopic (exact) mass is 815 g/mol. The third-order valence-corrected chi connectivity index (χ3v) is 14.6. The van der Waals surface area contributed by atoms with Gasteiger partial charge >= 0.3 is 0 Å². The maximum absolute atomic E-state index is 15.5. The van der Waals surface area contributed by atoms with E-state index >= 15 is 4.79 Å². The predicted octanol–water partition coefficient (Wildman–Crippen LogP) is 14.3. The lowest BCUT2D eigenvalue weighted by Crippen LogP contribution is -2.72. The van der Waals surface area contributed by atoms with Gasteiger partial charge in [0.05, 0.1) is 6.04 Å². The molecule has 5 heteroatoms. The first kappa shape index (κ1) is 54.9. The highest BCUT2D eigenvalue weighted by atomic mass is 16.1. The van der Waals surface area contributed by atoms with E-state index in [1.165, 1.54) is 25.7 Å². The summed E-state index contributed by atoms with van der Waals surface area (Å²) in [6.07, 6.45) is 7.39. The van der Waals surface area contributed by atoms with Crippen LogP contribution in [0.25, 0.3) is 0 Å². The summed E-state index contributed by atoms with van der Waals surface area (Å²) in [6.45, 7) is 61.5. The molecule has 1 unspecified atom stereocenters. The van der Waals surface area contributed by atoms with Crippen molar-refractivity contribution in [1.82, 2.24) is 10.2 Å². The third-order valence-electron chi connectivity index (χ3n) is 14.6. The molecule has 1 N–H and O–H groups in total. The highest BCUT2D eigenvalue weighted by Crippen LogP contribution is 2.56. The zero-order chi connectivity index (χ0) is 46.7. The van der Waals surface area contributed by atoms with E-state index in [-0.39, 0.29) is 39.3 Å². The fourth-order valence-electron chi connectivity index (χ4n) is 12.9. The first-order valence-electron chi connectivity index (χ1n) is 23.2. The number of carbonyl (C=O) groups is 3. The quantitative estimate of drug-likeness (QED) is 0.158. The Hall–Kier alpha value is -1.07. The summed E-state index contributed by atoms with van der Waals surface area (Å²) in [4.78, 5) is 46.8. The summed E-state index contributed by atoms with van der Waals surface area (Å²) in [6, 6.07) is -0.517. The normalized spacial score (nSPS) is 20.0. The van der Waals surface area contributed by atoms with Crippen molar-refractivity contribution < 1.29 is 14.4 Å². The summed E-state index contributed by atoms with van der Waals surface area (Å²) < 4.78 is 0. The van der Waals surface area contributed by atoms with Crippen molar-refractivity contribution in [2.24, 2.45) is 55.2 Å². The third kappa shape index (κ3) is 13.2. The minimum Gasteiger partial charge on any atom is -0.307 e. The minimum atomic E-state index is -0.829. The fraction of sp³-hybridized carbons (Fsp3) is 0.943. The standard InChI is InChI=1S/C53H102N2O3/c1-42(2,3)39(56)38(48(17,18)33-46(13,14)36-29-31-37(32-30-36)47(15,16)34-50(21,22)54-45(10,11)12)55(53(27,28)52(25,26)41(58)44(7,8)9)51(23,24)35-49(19,20)40(57)43(4,5)6/h36-38,54H,29-35H2,1-28H3. The highest BCUT2D eigenvalue weighted by Gasteiger charge is 2.60. The van der Waals surface area contributed by atoms with E-state index in [4.69, 9.17) is 0 Å². The summed E-state index contributed by atoms with van der Waals surface area (Å²) in [5.41, 5.74) is -4.80. The van der Waals surface area contributed by atoms with Crippen LogP contribution in [-0.4, -0.2) is 50.4 Å². The van der Waals surface area contributed by atoms with Crippen molar-refractivity contribution in [2.45, 2.75) is 267 Å². The first-order valence-corrected chi connectivity index (χ1v) is 23.2. The van der Waals surface area contributed by atoms with Crippen LogP contribution in [-0.2, 0) is 14.4 Å². The second-order valence-electron chi connectivity index (χ2n) is 28.7. The van der Waals surface area contributed by atoms with Crippen molar-refractivity contribution in [3.63, 3.8) is 0 Å². The molecule has 0 amide bonds. The van der Waals surface area contributed by atoms with Gasteiger partial charge < -0.3 is 5.32 Å². The van der Waals surface area contributed by atoms with Gasteiger partial charge in [-0.25, -0.2) is 0 Å². The molecule has 0 aromatic heterocycles. The molecule has 5 nitrogen and oxygen atoms in total. The van der Waals surface area contributed by atoms with Crippen LogP contribution in [0.15, 0.2) is 0 Å². The Balaban J connectivity index is 3.94. The van der Waals surface area contributed by atoms with Gasteiger partial charge in [-0.2, -0.15) is 0 Å². The number of rotatable bonds is 17. The van der Waals surface area contributed by atoms with Gasteiger partial charge in [-0.1, -0.05) is 132 Å². The molecule has 0 aromatic carbocycles. The average molecular weight is 815 g/mol. The van der Waals surface area contributed by atoms with E-state index in [1.54, 1.807) is 0 Å². The Morgan fingerprint density at radius 1 is 0.500 bits per heavy atom. The summed E-state index contributed by atoms with van der Waals surface area (Å²) in [5.74, 6) is 1.80. The number of nitrogens with one attached hydrogen (secondary N) is 1. The van der Waals surface area contributed by atoms with Gasteiger partial charge in [0.2, 0.25) is 0 Å². The second-order valence-corrected chi connectivity index (χ2v) is 28.7. The van der Waals surface area contributed by atoms with Crippen LogP contribution in [0.1, 0.15) is 239 Å². The number of carbonyl (C=O) groups excluding carboxylic acids is 3. The Labute approximate surface area is 363 Å². The summed E-state index contributed by atoms with van der Waals surface area (Å²) >= 11 is 0. The molecule has 1 rings (SSSR count). The smallest absolute Gasteiger partial charge is 0.155 e. The van der Waals surface area contributed by atoms with Gasteiger partial charge in [-0.05, 0) is 135 Å². The van der Waals surface area contributed by atoms with Gasteiger partial charge in [0.1, 0.15) is 11.6 Å². The molecule has 0 spiro atoms. The van der Waals surface area contributed by atoms with Crippen LogP contribution >= 0.6 is 0 Å². The Bertz CT molecular complexity index is 1430. The van der Waals surface area contributed by atoms with Gasteiger partial charge in [0.15, 0.2) is 5.78 Å². The second kappa shape index (κ2) is 16.9. The molecule has 0 aliphatic heterocycles. The molecule has 0 heterocycles. The van der Waals surface area contributed by atoms with E-state index < -0.39 is 49.6 Å². The first-order chi connectivity index (χ1) is 25.0. The predicted molar refractivity (Wildman–Crippen MR) is 252 cm³/mol. The molecule has 342 valence electrons. The molecule has 1 aliphatic carbocycles. The van der Waals surface area contributed by atoms with Crippen LogP contribution < -0.4 is 5.32 Å². The maximum atomic E-state index is 15.5. The maximum Gasteiger partial charge on any atom is 0.155 e. The van der Waals surface area contributed by atoms with Gasteiger partial charge in [0.25, 0.3) is 0 Å². The Morgan fingerprint density at radius 3 is 1.19 bits per heavy atom. The van der Waals surface area contributed by atoms with Crippen molar-refractivity contribution in [2.75, 3.05) is 0 Å². The Morgan fingerprint density at radius 2 is 0.862 bits per heavy atom. The SMILES string of the molecule is CC(C)(C)NC(C)(C)CC(C)(C)C1CCC(C(C)(C)CC(C)(C)C(C(=O)C(C)(C)C)N(C(C)(C)CC(C)(C)C(=O)C(C)(C)C)C(C)(C)C(C)(C)C(=O)C(C)(C)C)CC1. The molecule has 58 heavy (non-hydrogen) atoms. The van der Waals surface area contributed by atoms with E-state index in [9.17, 15) is 9.59 Å². The molecule has 0 bridgehead atoms. The average Bonchev–Trinajstić information content (AvgIpc) is 2.93. The van der Waals surface area contributed by atoms with E-state index in [0.29, 0.717) is 18.3 Å². The van der Waals surface area contributed by atoms with E-state index in [1.807, 2.05) is 41.5 Å². The van der Waals surface area contributed by atoms with Gasteiger partial charge in [-0.15, -0.1) is 0 Å². The minimum absolute atomic E-state index is 0.0275. The van der Waals surface area contributed by atoms with Crippen molar-refractivity contribution in [3.8, 4) is 0 Å². The van der Waals surface area contributed by atoms with E-state index in [2.05, 4.69) is 163 Å². The van der Waals surface area contributed by atoms with Crippen LogP contribution in [0.2, 0.25) is 0 Å². The summed E-state index contributed by atoms with van der Waals surface area (Å²) in [7, 11) is 0. The molecule has 1 atom stereocenters. The molecule has 1 aliphatic rings. The summed E-state index contributed by atoms with van der Waals surface area (Å²) in [5, 5.41) is 3.89. The van der Waals surface area contributed by atoms with E-state index in [0.717, 1.165) is 12.8 Å². The lowest BCUT2D eigenvalue weighted by molar-refractivity contribution is -0.172. The number of hydrogen-bond donors (Lipinski definition) is 1. The molecular formula is C53H102N2O3. The number of Topliss-reactive ketones (excluding diaryl/α,β-unsaturated/α-hetero) is 3. The zero-order valence-corrected chi connectivity index (χ0v) is 44.4. The van der Waals surface area contributed by atoms with Crippen molar-refractivity contribution >= 4 is 17.3 Å². The Kier molecular flexibility index (Phi) is 16.0. The van der Waals surface area contributed by atoms with Crippen LogP contribution in [0.4, 0.5) is 0 Å². The zero-order valence-electron chi connectivity index (χ0n) is 44.4. The van der Waals surface area contributed by atoms with Crippen LogP contribution in [0, 0.1) is 55.2 Å². The molecule has 1 saturated carbocycles. The largest absolute Gasteiger partial charge is 0.307 e. The number of ketones is 3. The highest BCUT2D eigenvalue weighted by molar-refractivity contribution is 5.92. The van der Waals surface area contributed by atoms with Crippen molar-refractivity contribution in [1.29, 1.82) is 0 Å². The number of hydrogen-bond acceptors (Lipinski definition) is 5. The molecule has 0 aromatic rings. The molecule has 1 fully saturated rings. The molecule has 0 saturated heterocycles. The number of nitrogens with zero attached hydrogens (tertiary/aromatic N) is 1. The lowest BCUT2D eigenvalue weighted by atomic mass is 9.56. The van der Waals surface area contributed by atoms with Gasteiger partial charge in [0, 0.05) is 49.2 Å². The topological polar surface area (TPSA) is 66.5 Å². The van der Waals surface area contributed by atoms with Crippen LogP contribution in [0.3, 0.4) is 0 Å².